The van der Waals surface area contributed by atoms with Gasteiger partial charge >= 0.3 is 0 Å². The van der Waals surface area contributed by atoms with Gasteiger partial charge in [-0.05, 0) is 45.4 Å². The number of aryl methyl sites for hydroxylation is 1. The van der Waals surface area contributed by atoms with Gasteiger partial charge in [0.15, 0.2) is 0 Å². The van der Waals surface area contributed by atoms with Crippen molar-refractivity contribution in [2.75, 3.05) is 18.5 Å². The van der Waals surface area contributed by atoms with E-state index in [2.05, 4.69) is 10.6 Å². The maximum absolute atomic E-state index is 12.6. The number of amides is 3. The van der Waals surface area contributed by atoms with Crippen molar-refractivity contribution < 1.29 is 19.1 Å². The van der Waals surface area contributed by atoms with Crippen molar-refractivity contribution in [3.05, 3.63) is 23.8 Å². The molecule has 1 aliphatic heterocycles. The van der Waals surface area contributed by atoms with E-state index in [-0.39, 0.29) is 18.5 Å². The number of nitrogens with zero attached hydrogens (tertiary/aromatic N) is 1. The molecule has 7 nitrogen and oxygen atoms in total. The van der Waals surface area contributed by atoms with Crippen molar-refractivity contribution in [2.45, 2.75) is 39.3 Å². The zero-order valence-corrected chi connectivity index (χ0v) is 14.6. The van der Waals surface area contributed by atoms with Crippen molar-refractivity contribution in [2.24, 2.45) is 0 Å². The molecule has 0 aliphatic carbocycles. The summed E-state index contributed by atoms with van der Waals surface area (Å²) in [6.07, 6.45) is 0. The van der Waals surface area contributed by atoms with Gasteiger partial charge in [0.05, 0.1) is 12.2 Å². The van der Waals surface area contributed by atoms with Crippen LogP contribution >= 0.6 is 0 Å². The standard InChI is InChI=1S/C17H23N3O4/c1-10(2)19-14(21)9-18-15(22)17(4)16(23)20(5)12-8-11(3)6-7-13(12)24-17/h6-8,10H,9H2,1-5H3,(H,18,22)(H,19,21). The van der Waals surface area contributed by atoms with Crippen molar-refractivity contribution >= 4 is 23.4 Å². The van der Waals surface area contributed by atoms with Crippen LogP contribution in [0.3, 0.4) is 0 Å². The van der Waals surface area contributed by atoms with E-state index in [1.807, 2.05) is 32.9 Å². The fraction of sp³-hybridized carbons (Fsp3) is 0.471. The summed E-state index contributed by atoms with van der Waals surface area (Å²) >= 11 is 0. The minimum Gasteiger partial charge on any atom is -0.466 e. The highest BCUT2D eigenvalue weighted by Gasteiger charge is 2.49. The number of carbonyl (C=O) groups is 3. The maximum Gasteiger partial charge on any atom is 0.280 e. The van der Waals surface area contributed by atoms with Gasteiger partial charge in [0.1, 0.15) is 5.75 Å². The van der Waals surface area contributed by atoms with Gasteiger partial charge < -0.3 is 20.3 Å². The molecule has 0 fully saturated rings. The molecular formula is C17H23N3O4. The molecule has 130 valence electrons. The van der Waals surface area contributed by atoms with Gasteiger partial charge in [0.25, 0.3) is 17.4 Å². The Morgan fingerprint density at radius 1 is 1.33 bits per heavy atom. The molecule has 0 saturated heterocycles. The minimum absolute atomic E-state index is 0.0289. The number of anilines is 1. The van der Waals surface area contributed by atoms with E-state index in [4.69, 9.17) is 4.74 Å². The number of carbonyl (C=O) groups excluding carboxylic acids is 3. The second-order valence-corrected chi connectivity index (χ2v) is 6.38. The molecule has 1 aromatic rings. The van der Waals surface area contributed by atoms with Crippen LogP contribution in [0.2, 0.25) is 0 Å². The number of hydrogen-bond acceptors (Lipinski definition) is 4. The Morgan fingerprint density at radius 2 is 2.00 bits per heavy atom. The Labute approximate surface area is 141 Å². The third-order valence-electron chi connectivity index (χ3n) is 3.80. The zero-order valence-electron chi connectivity index (χ0n) is 14.6. The van der Waals surface area contributed by atoms with E-state index in [1.54, 1.807) is 13.1 Å². The summed E-state index contributed by atoms with van der Waals surface area (Å²) < 4.78 is 5.70. The van der Waals surface area contributed by atoms with Gasteiger partial charge in [-0.3, -0.25) is 14.4 Å². The van der Waals surface area contributed by atoms with Gasteiger partial charge in [-0.15, -0.1) is 0 Å². The molecule has 2 rings (SSSR count). The molecule has 1 unspecified atom stereocenters. The SMILES string of the molecule is Cc1ccc2c(c1)N(C)C(=O)C(C)(C(=O)NCC(=O)NC(C)C)O2. The molecule has 0 spiro atoms. The lowest BCUT2D eigenvalue weighted by molar-refractivity contribution is -0.148. The fourth-order valence-corrected chi connectivity index (χ4v) is 2.51. The normalized spacial score (nSPS) is 19.6. The van der Waals surface area contributed by atoms with Gasteiger partial charge in [-0.25, -0.2) is 0 Å². The number of rotatable bonds is 4. The quantitative estimate of drug-likeness (QED) is 0.796. The van der Waals surface area contributed by atoms with Crippen molar-refractivity contribution in [3.8, 4) is 5.75 Å². The van der Waals surface area contributed by atoms with E-state index in [0.29, 0.717) is 11.4 Å². The Kier molecular flexibility index (Phi) is 4.82. The zero-order chi connectivity index (χ0) is 18.1. The molecule has 1 aliphatic rings. The Balaban J connectivity index is 2.17. The van der Waals surface area contributed by atoms with E-state index in [0.717, 1.165) is 5.56 Å². The second-order valence-electron chi connectivity index (χ2n) is 6.38. The van der Waals surface area contributed by atoms with E-state index < -0.39 is 17.4 Å². The number of ether oxygens (including phenoxy) is 1. The summed E-state index contributed by atoms with van der Waals surface area (Å²) in [5.74, 6) is -1.01. The first-order valence-corrected chi connectivity index (χ1v) is 7.80. The van der Waals surface area contributed by atoms with Crippen LogP contribution in [0.15, 0.2) is 18.2 Å². The van der Waals surface area contributed by atoms with Crippen LogP contribution in [-0.2, 0) is 14.4 Å². The molecule has 1 atom stereocenters. The lowest BCUT2D eigenvalue weighted by Crippen LogP contribution is -2.62. The molecule has 3 amide bonds. The molecule has 0 radical (unpaired) electrons. The van der Waals surface area contributed by atoms with Crippen LogP contribution in [0.4, 0.5) is 5.69 Å². The smallest absolute Gasteiger partial charge is 0.280 e. The molecule has 2 N–H and O–H groups in total. The monoisotopic (exact) mass is 333 g/mol. The summed E-state index contributed by atoms with van der Waals surface area (Å²) in [6, 6.07) is 5.36. The van der Waals surface area contributed by atoms with Gasteiger partial charge in [-0.2, -0.15) is 0 Å². The highest BCUT2D eigenvalue weighted by Crippen LogP contribution is 2.37. The van der Waals surface area contributed by atoms with Gasteiger partial charge in [0, 0.05) is 13.1 Å². The number of benzene rings is 1. The summed E-state index contributed by atoms with van der Waals surface area (Å²) in [5, 5.41) is 5.13. The van der Waals surface area contributed by atoms with Gasteiger partial charge in [0.2, 0.25) is 5.91 Å². The van der Waals surface area contributed by atoms with E-state index in [1.165, 1.54) is 11.8 Å². The third kappa shape index (κ3) is 3.34. The molecule has 0 bridgehead atoms. The number of fused-ring (bicyclic) bond motifs is 1. The number of nitrogens with one attached hydrogen (secondary N) is 2. The Hall–Kier alpha value is -2.57. The highest BCUT2D eigenvalue weighted by molar-refractivity contribution is 6.16. The van der Waals surface area contributed by atoms with Crippen LogP contribution in [0.5, 0.6) is 5.75 Å². The molecule has 24 heavy (non-hydrogen) atoms. The molecule has 1 aromatic carbocycles. The van der Waals surface area contributed by atoms with Crippen LogP contribution in [0.25, 0.3) is 0 Å². The largest absolute Gasteiger partial charge is 0.466 e. The topological polar surface area (TPSA) is 87.7 Å². The number of likely N-dealkylation sites (N-methyl/N-ethyl adjacent to an activating group) is 1. The van der Waals surface area contributed by atoms with Crippen molar-refractivity contribution in [1.29, 1.82) is 0 Å². The van der Waals surface area contributed by atoms with Gasteiger partial charge in [-0.1, -0.05) is 6.07 Å². The summed E-state index contributed by atoms with van der Waals surface area (Å²) in [5.41, 5.74) is -0.118. The first kappa shape index (κ1) is 17.8. The predicted molar refractivity (Wildman–Crippen MR) is 89.9 cm³/mol. The van der Waals surface area contributed by atoms with E-state index >= 15 is 0 Å². The maximum atomic E-state index is 12.6. The third-order valence-corrected chi connectivity index (χ3v) is 3.80. The average molecular weight is 333 g/mol. The Morgan fingerprint density at radius 3 is 2.62 bits per heavy atom. The lowest BCUT2D eigenvalue weighted by atomic mass is 10.00. The van der Waals surface area contributed by atoms with Crippen LogP contribution < -0.4 is 20.3 Å². The fourth-order valence-electron chi connectivity index (χ4n) is 2.51. The predicted octanol–water partition coefficient (Wildman–Crippen LogP) is 0.750. The van der Waals surface area contributed by atoms with Crippen molar-refractivity contribution in [1.82, 2.24) is 10.6 Å². The number of hydrogen-bond donors (Lipinski definition) is 2. The van der Waals surface area contributed by atoms with Crippen LogP contribution in [-0.4, -0.2) is 43.0 Å². The molecule has 0 aromatic heterocycles. The minimum atomic E-state index is -1.71. The molecule has 0 saturated carbocycles. The highest BCUT2D eigenvalue weighted by atomic mass is 16.5. The average Bonchev–Trinajstić information content (AvgIpc) is 2.50. The summed E-state index contributed by atoms with van der Waals surface area (Å²) in [4.78, 5) is 38.2. The van der Waals surface area contributed by atoms with Crippen LogP contribution in [0, 0.1) is 6.92 Å². The Bertz CT molecular complexity index is 686. The summed E-state index contributed by atoms with van der Waals surface area (Å²) in [7, 11) is 1.60. The van der Waals surface area contributed by atoms with E-state index in [9.17, 15) is 14.4 Å². The first-order chi connectivity index (χ1) is 11.1. The molecule has 7 heteroatoms. The summed E-state index contributed by atoms with van der Waals surface area (Å²) in [6.45, 7) is 6.75. The molecular weight excluding hydrogens is 310 g/mol. The first-order valence-electron chi connectivity index (χ1n) is 7.80. The molecule has 1 heterocycles. The second kappa shape index (κ2) is 6.51. The van der Waals surface area contributed by atoms with Crippen LogP contribution in [0.1, 0.15) is 26.3 Å². The van der Waals surface area contributed by atoms with Crippen molar-refractivity contribution in [3.63, 3.8) is 0 Å². The lowest BCUT2D eigenvalue weighted by Gasteiger charge is -2.38.